The van der Waals surface area contributed by atoms with Gasteiger partial charge in [0.1, 0.15) is 6.04 Å². The molecule has 1 saturated carbocycles. The Hall–Kier alpha value is -2.74. The van der Waals surface area contributed by atoms with Crippen LogP contribution in [0.25, 0.3) is 0 Å². The molecular formula is C21H24N4O4. The van der Waals surface area contributed by atoms with E-state index in [4.69, 9.17) is 5.73 Å². The molecule has 3 atom stereocenters. The topological polar surface area (TPSA) is 113 Å². The van der Waals surface area contributed by atoms with Crippen LogP contribution in [0.15, 0.2) is 18.2 Å². The lowest BCUT2D eigenvalue weighted by Crippen LogP contribution is -2.54. The number of nitrogens with zero attached hydrogens (tertiary/aromatic N) is 2. The maximum absolute atomic E-state index is 13.0. The molecule has 0 spiro atoms. The number of carbonyl (C=O) groups excluding carboxylic acids is 4. The van der Waals surface area contributed by atoms with Crippen LogP contribution in [0.3, 0.4) is 0 Å². The minimum atomic E-state index is -0.935. The molecule has 4 amide bonds. The van der Waals surface area contributed by atoms with Gasteiger partial charge in [0, 0.05) is 30.6 Å². The van der Waals surface area contributed by atoms with Gasteiger partial charge in [0.05, 0.1) is 11.1 Å². The van der Waals surface area contributed by atoms with E-state index in [9.17, 15) is 19.2 Å². The highest BCUT2D eigenvalue weighted by Gasteiger charge is 2.49. The highest BCUT2D eigenvalue weighted by atomic mass is 16.2. The summed E-state index contributed by atoms with van der Waals surface area (Å²) < 4.78 is 0. The Bertz CT molecular complexity index is 945. The third-order valence-corrected chi connectivity index (χ3v) is 7.23. The Labute approximate surface area is 168 Å². The number of imide groups is 2. The summed E-state index contributed by atoms with van der Waals surface area (Å²) in [7, 11) is 0. The molecule has 1 aromatic carbocycles. The smallest absolute Gasteiger partial charge is 0.262 e. The van der Waals surface area contributed by atoms with Crippen LogP contribution >= 0.6 is 0 Å². The molecule has 5 rings (SSSR count). The first-order valence-electron chi connectivity index (χ1n) is 10.2. The fourth-order valence-corrected chi connectivity index (χ4v) is 5.60. The molecular weight excluding hydrogens is 372 g/mol. The Kier molecular flexibility index (Phi) is 4.03. The zero-order valence-corrected chi connectivity index (χ0v) is 16.1. The van der Waals surface area contributed by atoms with Crippen molar-refractivity contribution in [3.63, 3.8) is 0 Å². The van der Waals surface area contributed by atoms with Crippen molar-refractivity contribution in [1.29, 1.82) is 0 Å². The number of piperidine rings is 1. The van der Waals surface area contributed by atoms with Crippen LogP contribution in [0.5, 0.6) is 0 Å². The number of amides is 4. The lowest BCUT2D eigenvalue weighted by atomic mass is 9.81. The normalized spacial score (nSPS) is 31.3. The zero-order valence-electron chi connectivity index (χ0n) is 16.1. The van der Waals surface area contributed by atoms with Crippen molar-refractivity contribution in [2.45, 2.75) is 38.1 Å². The first-order chi connectivity index (χ1) is 13.9. The summed E-state index contributed by atoms with van der Waals surface area (Å²) in [5.41, 5.74) is 7.82. The predicted molar refractivity (Wildman–Crippen MR) is 104 cm³/mol. The van der Waals surface area contributed by atoms with Gasteiger partial charge < -0.3 is 10.6 Å². The third-order valence-electron chi connectivity index (χ3n) is 7.23. The van der Waals surface area contributed by atoms with E-state index in [1.807, 2.05) is 6.07 Å². The molecule has 1 aromatic rings. The second kappa shape index (κ2) is 6.38. The molecule has 2 saturated heterocycles. The van der Waals surface area contributed by atoms with Gasteiger partial charge in [-0.05, 0) is 49.9 Å². The van der Waals surface area contributed by atoms with Gasteiger partial charge >= 0.3 is 0 Å². The molecule has 3 N–H and O–H groups in total. The number of nitrogens with one attached hydrogen (secondary N) is 1. The number of nitrogens with two attached hydrogens (primary N) is 1. The minimum Gasteiger partial charge on any atom is -0.371 e. The summed E-state index contributed by atoms with van der Waals surface area (Å²) in [5, 5.41) is 2.22. The lowest BCUT2D eigenvalue weighted by Gasteiger charge is -2.27. The monoisotopic (exact) mass is 396 g/mol. The van der Waals surface area contributed by atoms with Gasteiger partial charge in [-0.2, -0.15) is 0 Å². The molecule has 3 fully saturated rings. The third kappa shape index (κ3) is 2.62. The molecule has 4 aliphatic rings. The Morgan fingerprint density at radius 3 is 2.62 bits per heavy atom. The van der Waals surface area contributed by atoms with Crippen molar-refractivity contribution in [2.24, 2.45) is 17.1 Å². The summed E-state index contributed by atoms with van der Waals surface area (Å²) >= 11 is 0. The molecule has 8 heteroatoms. The average molecular weight is 396 g/mol. The van der Waals surface area contributed by atoms with Crippen LogP contribution in [-0.4, -0.2) is 54.2 Å². The van der Waals surface area contributed by atoms with E-state index in [0.29, 0.717) is 23.6 Å². The molecule has 29 heavy (non-hydrogen) atoms. The number of hydrogen-bond donors (Lipinski definition) is 2. The summed E-state index contributed by atoms with van der Waals surface area (Å²) in [4.78, 5) is 52.7. The fraction of sp³-hybridized carbons (Fsp3) is 0.524. The van der Waals surface area contributed by atoms with Gasteiger partial charge in [0.2, 0.25) is 11.8 Å². The van der Waals surface area contributed by atoms with Crippen molar-refractivity contribution in [1.82, 2.24) is 10.2 Å². The lowest BCUT2D eigenvalue weighted by molar-refractivity contribution is -0.136. The van der Waals surface area contributed by atoms with Crippen LogP contribution in [0.2, 0.25) is 0 Å². The Morgan fingerprint density at radius 2 is 1.90 bits per heavy atom. The largest absolute Gasteiger partial charge is 0.371 e. The number of fused-ring (bicyclic) bond motifs is 2. The first kappa shape index (κ1) is 18.3. The molecule has 3 aliphatic heterocycles. The maximum Gasteiger partial charge on any atom is 0.262 e. The average Bonchev–Trinajstić information content (AvgIpc) is 3.33. The molecule has 0 bridgehead atoms. The van der Waals surface area contributed by atoms with E-state index in [1.165, 1.54) is 12.8 Å². The Morgan fingerprint density at radius 1 is 1.10 bits per heavy atom. The summed E-state index contributed by atoms with van der Waals surface area (Å²) in [6, 6.07) is 4.39. The summed E-state index contributed by atoms with van der Waals surface area (Å²) in [6.45, 7) is 2.45. The number of carbonyl (C=O) groups is 4. The number of anilines is 1. The van der Waals surface area contributed by atoms with Crippen LogP contribution in [0, 0.1) is 11.3 Å². The zero-order chi connectivity index (χ0) is 20.3. The summed E-state index contributed by atoms with van der Waals surface area (Å²) in [5.74, 6) is -1.33. The van der Waals surface area contributed by atoms with Crippen molar-refractivity contribution in [3.05, 3.63) is 29.3 Å². The molecule has 1 unspecified atom stereocenters. The number of hydrogen-bond acceptors (Lipinski definition) is 6. The van der Waals surface area contributed by atoms with Crippen LogP contribution in [0.1, 0.15) is 52.8 Å². The van der Waals surface area contributed by atoms with E-state index >= 15 is 0 Å². The highest BCUT2D eigenvalue weighted by molar-refractivity contribution is 6.23. The van der Waals surface area contributed by atoms with Gasteiger partial charge in [-0.3, -0.25) is 29.4 Å². The SMILES string of the molecule is NC[C@]12CCC[C@H]1CN(c1ccc3c(c1)C(=O)N(C1CCC(=O)NC1=O)C3=O)C2. The second-order valence-corrected chi connectivity index (χ2v) is 8.71. The predicted octanol–water partition coefficient (Wildman–Crippen LogP) is 0.653. The van der Waals surface area contributed by atoms with Crippen molar-refractivity contribution in [2.75, 3.05) is 24.5 Å². The highest BCUT2D eigenvalue weighted by Crippen LogP contribution is 2.49. The van der Waals surface area contributed by atoms with E-state index in [0.717, 1.165) is 30.1 Å². The quantitative estimate of drug-likeness (QED) is 0.726. The van der Waals surface area contributed by atoms with Gasteiger partial charge in [0.15, 0.2) is 0 Å². The first-order valence-corrected chi connectivity index (χ1v) is 10.2. The fourth-order valence-electron chi connectivity index (χ4n) is 5.60. The molecule has 8 nitrogen and oxygen atoms in total. The standard InChI is InChI=1S/C21H24N4O4/c22-10-21-7-1-2-12(21)9-24(11-21)13-3-4-14-15(8-13)20(29)25(19(14)28)16-5-6-17(26)23-18(16)27/h3-4,8,12,16H,1-2,5-7,9-11,22H2,(H,23,26,27)/t12-,16?,21-/m0/s1. The molecule has 0 aromatic heterocycles. The van der Waals surface area contributed by atoms with Gasteiger partial charge in [-0.15, -0.1) is 0 Å². The molecule has 152 valence electrons. The van der Waals surface area contributed by atoms with Gasteiger partial charge in [0.25, 0.3) is 11.8 Å². The second-order valence-electron chi connectivity index (χ2n) is 8.71. The van der Waals surface area contributed by atoms with E-state index in [2.05, 4.69) is 10.2 Å². The van der Waals surface area contributed by atoms with Crippen molar-refractivity contribution in [3.8, 4) is 0 Å². The maximum atomic E-state index is 13.0. The summed E-state index contributed by atoms with van der Waals surface area (Å²) in [6.07, 6.45) is 3.81. The molecule has 3 heterocycles. The Balaban J connectivity index is 1.42. The molecule has 0 radical (unpaired) electrons. The number of rotatable bonds is 3. The van der Waals surface area contributed by atoms with Crippen LogP contribution < -0.4 is 16.0 Å². The van der Waals surface area contributed by atoms with Crippen molar-refractivity contribution >= 4 is 29.3 Å². The molecule has 1 aliphatic carbocycles. The van der Waals surface area contributed by atoms with Gasteiger partial charge in [-0.1, -0.05) is 6.42 Å². The van der Waals surface area contributed by atoms with Crippen molar-refractivity contribution < 1.29 is 19.2 Å². The van der Waals surface area contributed by atoms with E-state index in [1.54, 1.807) is 12.1 Å². The van der Waals surface area contributed by atoms with E-state index in [-0.39, 0.29) is 24.2 Å². The van der Waals surface area contributed by atoms with Crippen LogP contribution in [0.4, 0.5) is 5.69 Å². The van der Waals surface area contributed by atoms with E-state index < -0.39 is 23.8 Å². The van der Waals surface area contributed by atoms with Gasteiger partial charge in [-0.25, -0.2) is 0 Å². The number of benzene rings is 1. The van der Waals surface area contributed by atoms with Crippen LogP contribution in [-0.2, 0) is 9.59 Å². The minimum absolute atomic E-state index is 0.116.